The summed E-state index contributed by atoms with van der Waals surface area (Å²) in [4.78, 5) is 27.3. The Balaban J connectivity index is 1.71. The highest BCUT2D eigenvalue weighted by Gasteiger charge is 2.28. The molecule has 0 spiro atoms. The molecule has 0 aliphatic heterocycles. The summed E-state index contributed by atoms with van der Waals surface area (Å²) in [5.41, 5.74) is -0.700. The molecule has 140 valence electrons. The Labute approximate surface area is 148 Å². The minimum Gasteiger partial charge on any atom is -0.361 e. The van der Waals surface area contributed by atoms with E-state index in [-0.39, 0.29) is 31.1 Å². The normalized spacial score (nSPS) is 14.4. The summed E-state index contributed by atoms with van der Waals surface area (Å²) < 4.78 is 18.7. The summed E-state index contributed by atoms with van der Waals surface area (Å²) in [6, 6.07) is 1.86. The molecular weight excluding hydrogens is 325 g/mol. The average molecular weight is 353 g/mol. The highest BCUT2D eigenvalue weighted by Crippen LogP contribution is 2.40. The highest BCUT2D eigenvalue weighted by atomic mass is 19.1. The molecule has 0 bridgehead atoms. The molecular formula is C18H28FN3O3. The first kappa shape index (κ1) is 19.4. The number of nitrogens with zero attached hydrogens (tertiary/aromatic N) is 3. The minimum atomic E-state index is -1.35. The molecule has 1 heterocycles. The first-order chi connectivity index (χ1) is 11.7. The van der Waals surface area contributed by atoms with Gasteiger partial charge in [0.1, 0.15) is 11.4 Å². The maximum Gasteiger partial charge on any atom is 0.228 e. The Morgan fingerprint density at radius 3 is 2.40 bits per heavy atom. The number of rotatable bonds is 9. The van der Waals surface area contributed by atoms with Crippen molar-refractivity contribution in [1.29, 1.82) is 0 Å². The summed E-state index contributed by atoms with van der Waals surface area (Å²) in [6.45, 7) is 3.77. The smallest absolute Gasteiger partial charge is 0.228 e. The van der Waals surface area contributed by atoms with E-state index in [1.54, 1.807) is 19.0 Å². The van der Waals surface area contributed by atoms with Crippen LogP contribution in [0.2, 0.25) is 0 Å². The van der Waals surface area contributed by atoms with Gasteiger partial charge in [0.25, 0.3) is 0 Å². The molecule has 0 N–H and O–H groups in total. The molecule has 6 nitrogen and oxygen atoms in total. The van der Waals surface area contributed by atoms with Gasteiger partial charge >= 0.3 is 0 Å². The van der Waals surface area contributed by atoms with Gasteiger partial charge in [-0.2, -0.15) is 0 Å². The highest BCUT2D eigenvalue weighted by molar-refractivity contribution is 5.78. The summed E-state index contributed by atoms with van der Waals surface area (Å²) in [7, 11) is 3.37. The van der Waals surface area contributed by atoms with Gasteiger partial charge < -0.3 is 14.3 Å². The molecule has 2 amide bonds. The van der Waals surface area contributed by atoms with Gasteiger partial charge in [-0.1, -0.05) is 5.16 Å². The Bertz CT molecular complexity index is 605. The van der Waals surface area contributed by atoms with E-state index < -0.39 is 5.67 Å². The van der Waals surface area contributed by atoms with Crippen molar-refractivity contribution in [2.75, 3.05) is 27.2 Å². The third-order valence-electron chi connectivity index (χ3n) is 4.44. The van der Waals surface area contributed by atoms with Crippen LogP contribution in [0.15, 0.2) is 10.6 Å². The Kier molecular flexibility index (Phi) is 6.19. The van der Waals surface area contributed by atoms with E-state index in [2.05, 4.69) is 5.16 Å². The van der Waals surface area contributed by atoms with Crippen LogP contribution in [0.5, 0.6) is 0 Å². The molecule has 25 heavy (non-hydrogen) atoms. The quantitative estimate of drug-likeness (QED) is 0.684. The predicted octanol–water partition coefficient (Wildman–Crippen LogP) is 2.54. The van der Waals surface area contributed by atoms with Crippen molar-refractivity contribution >= 4 is 11.8 Å². The van der Waals surface area contributed by atoms with Crippen molar-refractivity contribution in [3.05, 3.63) is 17.5 Å². The summed E-state index contributed by atoms with van der Waals surface area (Å²) in [5, 5.41) is 3.95. The van der Waals surface area contributed by atoms with E-state index in [4.69, 9.17) is 4.52 Å². The Morgan fingerprint density at radius 1 is 1.24 bits per heavy atom. The van der Waals surface area contributed by atoms with Crippen molar-refractivity contribution < 1.29 is 18.5 Å². The minimum absolute atomic E-state index is 0.0682. The number of likely N-dealkylation sites (N-methyl/N-ethyl adjacent to an activating group) is 2. The standard InChI is InChI=1S/C18H28FN3O3/c1-18(2,19)8-7-16(23)21(3)9-10-22(4)17(24)12-14-11-15(25-20-14)13-5-6-13/h11,13H,5-10,12H2,1-4H3. The fourth-order valence-electron chi connectivity index (χ4n) is 2.41. The van der Waals surface area contributed by atoms with Crippen LogP contribution in [-0.4, -0.2) is 59.6 Å². The van der Waals surface area contributed by atoms with E-state index in [0.29, 0.717) is 24.7 Å². The van der Waals surface area contributed by atoms with Crippen LogP contribution in [-0.2, 0) is 16.0 Å². The number of hydrogen-bond donors (Lipinski definition) is 0. The molecule has 1 aliphatic rings. The topological polar surface area (TPSA) is 66.7 Å². The molecule has 0 atom stereocenters. The molecule has 0 radical (unpaired) electrons. The second-order valence-corrected chi connectivity index (χ2v) is 7.52. The summed E-state index contributed by atoms with van der Waals surface area (Å²) >= 11 is 0. The lowest BCUT2D eigenvalue weighted by atomic mass is 10.0. The third kappa shape index (κ3) is 6.48. The van der Waals surface area contributed by atoms with E-state index in [9.17, 15) is 14.0 Å². The predicted molar refractivity (Wildman–Crippen MR) is 91.9 cm³/mol. The van der Waals surface area contributed by atoms with Crippen LogP contribution in [0.25, 0.3) is 0 Å². The summed E-state index contributed by atoms with van der Waals surface area (Å²) in [5.74, 6) is 1.16. The van der Waals surface area contributed by atoms with Crippen molar-refractivity contribution in [2.45, 2.75) is 57.5 Å². The van der Waals surface area contributed by atoms with Crippen LogP contribution in [0.1, 0.15) is 56.9 Å². The number of carbonyl (C=O) groups is 2. The van der Waals surface area contributed by atoms with Gasteiger partial charge in [-0.15, -0.1) is 0 Å². The molecule has 1 aromatic heterocycles. The fraction of sp³-hybridized carbons (Fsp3) is 0.722. The maximum absolute atomic E-state index is 13.5. The lowest BCUT2D eigenvalue weighted by Gasteiger charge is -2.23. The lowest BCUT2D eigenvalue weighted by molar-refractivity contribution is -0.133. The molecule has 0 saturated heterocycles. The first-order valence-electron chi connectivity index (χ1n) is 8.78. The zero-order chi connectivity index (χ0) is 18.6. The van der Waals surface area contributed by atoms with Crippen LogP contribution >= 0.6 is 0 Å². The monoisotopic (exact) mass is 353 g/mol. The molecule has 7 heteroatoms. The van der Waals surface area contributed by atoms with E-state index in [1.807, 2.05) is 6.07 Å². The van der Waals surface area contributed by atoms with Crippen LogP contribution in [0.4, 0.5) is 4.39 Å². The molecule has 0 unspecified atom stereocenters. The zero-order valence-electron chi connectivity index (χ0n) is 15.5. The van der Waals surface area contributed by atoms with Gasteiger partial charge in [0.2, 0.25) is 11.8 Å². The first-order valence-corrected chi connectivity index (χ1v) is 8.78. The van der Waals surface area contributed by atoms with Crippen LogP contribution in [0, 0.1) is 0 Å². The van der Waals surface area contributed by atoms with E-state index in [1.165, 1.54) is 18.7 Å². The number of hydrogen-bond acceptors (Lipinski definition) is 4. The van der Waals surface area contributed by atoms with Gasteiger partial charge in [-0.25, -0.2) is 4.39 Å². The maximum atomic E-state index is 13.5. The molecule has 1 saturated carbocycles. The third-order valence-corrected chi connectivity index (χ3v) is 4.44. The van der Waals surface area contributed by atoms with Crippen molar-refractivity contribution in [1.82, 2.24) is 15.0 Å². The van der Waals surface area contributed by atoms with Crippen molar-refractivity contribution in [2.24, 2.45) is 0 Å². The van der Waals surface area contributed by atoms with Crippen molar-refractivity contribution in [3.63, 3.8) is 0 Å². The van der Waals surface area contributed by atoms with Gasteiger partial charge in [0.05, 0.1) is 12.1 Å². The zero-order valence-corrected chi connectivity index (χ0v) is 15.5. The van der Waals surface area contributed by atoms with Gasteiger partial charge in [0, 0.05) is 45.6 Å². The molecule has 2 rings (SSSR count). The van der Waals surface area contributed by atoms with Crippen molar-refractivity contribution in [3.8, 4) is 0 Å². The second kappa shape index (κ2) is 7.97. The molecule has 1 aliphatic carbocycles. The van der Waals surface area contributed by atoms with E-state index >= 15 is 0 Å². The molecule has 1 aromatic rings. The Morgan fingerprint density at radius 2 is 1.84 bits per heavy atom. The fourth-order valence-corrected chi connectivity index (χ4v) is 2.41. The summed E-state index contributed by atoms with van der Waals surface area (Å²) in [6.07, 6.45) is 2.81. The average Bonchev–Trinajstić information content (AvgIpc) is 3.29. The number of halogens is 1. The number of alkyl halides is 1. The van der Waals surface area contributed by atoms with Crippen LogP contribution < -0.4 is 0 Å². The van der Waals surface area contributed by atoms with Gasteiger partial charge in [-0.05, 0) is 33.1 Å². The number of aromatic nitrogens is 1. The van der Waals surface area contributed by atoms with Gasteiger partial charge in [0.15, 0.2) is 0 Å². The number of carbonyl (C=O) groups excluding carboxylic acids is 2. The largest absolute Gasteiger partial charge is 0.361 e. The lowest BCUT2D eigenvalue weighted by Crippen LogP contribution is -2.38. The Hall–Kier alpha value is -1.92. The molecule has 0 aromatic carbocycles. The van der Waals surface area contributed by atoms with Gasteiger partial charge in [-0.3, -0.25) is 9.59 Å². The number of amides is 2. The second-order valence-electron chi connectivity index (χ2n) is 7.52. The molecule has 1 fully saturated rings. The van der Waals surface area contributed by atoms with E-state index in [0.717, 1.165) is 18.6 Å². The van der Waals surface area contributed by atoms with Crippen LogP contribution in [0.3, 0.4) is 0 Å². The SMILES string of the molecule is CN(CCN(C)C(=O)Cc1cc(C2CC2)on1)C(=O)CCC(C)(C)F.